The highest BCUT2D eigenvalue weighted by molar-refractivity contribution is 5.98. The number of hydrogen-bond acceptors (Lipinski definition) is 5. The van der Waals surface area contributed by atoms with Gasteiger partial charge in [0, 0.05) is 29.0 Å². The van der Waals surface area contributed by atoms with E-state index in [0.717, 1.165) is 6.42 Å². The number of hydrogen-bond donors (Lipinski definition) is 4. The Morgan fingerprint density at radius 2 is 1.56 bits per heavy atom. The highest BCUT2D eigenvalue weighted by Gasteiger charge is 2.09. The molecule has 0 saturated heterocycles. The molecule has 166 valence electrons. The van der Waals surface area contributed by atoms with Crippen LogP contribution in [0.15, 0.2) is 71.3 Å². The van der Waals surface area contributed by atoms with Gasteiger partial charge in [-0.05, 0) is 55.0 Å². The predicted molar refractivity (Wildman–Crippen MR) is 123 cm³/mol. The number of furan rings is 1. The molecule has 0 unspecified atom stereocenters. The molecule has 0 fully saturated rings. The summed E-state index contributed by atoms with van der Waals surface area (Å²) in [5, 5.41) is 11.4. The van der Waals surface area contributed by atoms with Crippen molar-refractivity contribution in [1.82, 2.24) is 5.32 Å². The van der Waals surface area contributed by atoms with E-state index in [2.05, 4.69) is 21.3 Å². The number of rotatable bonds is 10. The Bertz CT molecular complexity index is 1060. The first kappa shape index (κ1) is 22.6. The van der Waals surface area contributed by atoms with Crippen molar-refractivity contribution >= 4 is 34.8 Å². The van der Waals surface area contributed by atoms with E-state index in [0.29, 0.717) is 34.8 Å². The van der Waals surface area contributed by atoms with Crippen molar-refractivity contribution in [2.45, 2.75) is 26.3 Å². The van der Waals surface area contributed by atoms with Gasteiger partial charge in [-0.1, -0.05) is 19.1 Å². The molecule has 0 bridgehead atoms. The molecule has 4 N–H and O–H groups in total. The van der Waals surface area contributed by atoms with Gasteiger partial charge in [-0.3, -0.25) is 14.4 Å². The van der Waals surface area contributed by atoms with Crippen LogP contribution >= 0.6 is 0 Å². The summed E-state index contributed by atoms with van der Waals surface area (Å²) in [4.78, 5) is 36.4. The summed E-state index contributed by atoms with van der Waals surface area (Å²) < 4.78 is 5.20. The molecule has 3 amide bonds. The molecule has 1 heterocycles. The van der Waals surface area contributed by atoms with Crippen molar-refractivity contribution in [1.29, 1.82) is 0 Å². The molecule has 8 nitrogen and oxygen atoms in total. The quantitative estimate of drug-likeness (QED) is 0.385. The lowest BCUT2D eigenvalue weighted by atomic mass is 10.2. The van der Waals surface area contributed by atoms with E-state index < -0.39 is 0 Å². The van der Waals surface area contributed by atoms with Gasteiger partial charge < -0.3 is 25.7 Å². The van der Waals surface area contributed by atoms with Crippen molar-refractivity contribution in [3.05, 3.63) is 78.3 Å². The maximum Gasteiger partial charge on any atom is 0.251 e. The molecular formula is C24H26N4O4. The Morgan fingerprint density at radius 3 is 2.31 bits per heavy atom. The molecule has 1 aromatic heterocycles. The minimum atomic E-state index is -0.266. The van der Waals surface area contributed by atoms with Crippen molar-refractivity contribution in [2.75, 3.05) is 22.5 Å². The Labute approximate surface area is 186 Å². The average Bonchev–Trinajstić information content (AvgIpc) is 3.30. The Kier molecular flexibility index (Phi) is 8.02. The third-order valence-corrected chi connectivity index (χ3v) is 4.49. The van der Waals surface area contributed by atoms with Crippen LogP contribution in [0, 0.1) is 0 Å². The van der Waals surface area contributed by atoms with Gasteiger partial charge in [-0.25, -0.2) is 0 Å². The van der Waals surface area contributed by atoms with E-state index in [-0.39, 0.29) is 30.8 Å². The molecule has 3 rings (SSSR count). The third-order valence-electron chi connectivity index (χ3n) is 4.49. The molecule has 0 aliphatic carbocycles. The van der Waals surface area contributed by atoms with Gasteiger partial charge in [0.2, 0.25) is 11.8 Å². The van der Waals surface area contributed by atoms with Gasteiger partial charge in [-0.2, -0.15) is 0 Å². The van der Waals surface area contributed by atoms with Gasteiger partial charge in [0.15, 0.2) is 0 Å². The fourth-order valence-electron chi connectivity index (χ4n) is 2.97. The third kappa shape index (κ3) is 7.02. The standard InChI is InChI=1S/C24H26N4O4/c1-2-6-22(29)27-20-10-4-8-18(14-20)25-16-23(30)28-19-9-3-7-17(13-19)24(31)26-15-21-11-5-12-32-21/h3-5,7-14,25H,2,6,15-16H2,1H3,(H,26,31)(H,27,29)(H,28,30). The normalized spacial score (nSPS) is 10.3. The van der Waals surface area contributed by atoms with Crippen LogP contribution in [0.25, 0.3) is 0 Å². The summed E-state index contributed by atoms with van der Waals surface area (Å²) in [5.41, 5.74) is 2.32. The smallest absolute Gasteiger partial charge is 0.251 e. The van der Waals surface area contributed by atoms with Crippen molar-refractivity contribution < 1.29 is 18.8 Å². The number of nitrogens with one attached hydrogen (secondary N) is 4. The zero-order valence-corrected chi connectivity index (χ0v) is 17.8. The Balaban J connectivity index is 1.50. The van der Waals surface area contributed by atoms with Crippen molar-refractivity contribution in [3.8, 4) is 0 Å². The van der Waals surface area contributed by atoms with E-state index in [9.17, 15) is 14.4 Å². The first-order valence-corrected chi connectivity index (χ1v) is 10.4. The van der Waals surface area contributed by atoms with Gasteiger partial charge in [-0.15, -0.1) is 0 Å². The van der Waals surface area contributed by atoms with Crippen LogP contribution in [0.5, 0.6) is 0 Å². The molecule has 0 aliphatic rings. The van der Waals surface area contributed by atoms with E-state index in [1.54, 1.807) is 60.9 Å². The highest BCUT2D eigenvalue weighted by atomic mass is 16.3. The molecule has 8 heteroatoms. The molecule has 0 spiro atoms. The lowest BCUT2D eigenvalue weighted by Gasteiger charge is -2.11. The van der Waals surface area contributed by atoms with Crippen LogP contribution in [0.2, 0.25) is 0 Å². The van der Waals surface area contributed by atoms with Crippen LogP contribution in [0.4, 0.5) is 17.1 Å². The second-order valence-corrected chi connectivity index (χ2v) is 7.12. The van der Waals surface area contributed by atoms with Crippen LogP contribution in [0.1, 0.15) is 35.9 Å². The predicted octanol–water partition coefficient (Wildman–Crippen LogP) is 4.00. The molecular weight excluding hydrogens is 408 g/mol. The first-order valence-electron chi connectivity index (χ1n) is 10.4. The summed E-state index contributed by atoms with van der Waals surface area (Å²) in [6.07, 6.45) is 2.78. The van der Waals surface area contributed by atoms with Gasteiger partial charge in [0.05, 0.1) is 19.4 Å². The zero-order valence-electron chi connectivity index (χ0n) is 17.8. The zero-order chi connectivity index (χ0) is 22.8. The number of carbonyl (C=O) groups excluding carboxylic acids is 3. The second kappa shape index (κ2) is 11.4. The lowest BCUT2D eigenvalue weighted by molar-refractivity contribution is -0.116. The molecule has 0 aliphatic heterocycles. The molecule has 0 atom stereocenters. The van der Waals surface area contributed by atoms with Crippen LogP contribution < -0.4 is 21.3 Å². The van der Waals surface area contributed by atoms with E-state index >= 15 is 0 Å². The minimum absolute atomic E-state index is 0.0290. The average molecular weight is 434 g/mol. The van der Waals surface area contributed by atoms with E-state index in [4.69, 9.17) is 4.42 Å². The van der Waals surface area contributed by atoms with Crippen molar-refractivity contribution in [2.24, 2.45) is 0 Å². The number of benzene rings is 2. The molecule has 32 heavy (non-hydrogen) atoms. The largest absolute Gasteiger partial charge is 0.467 e. The topological polar surface area (TPSA) is 112 Å². The van der Waals surface area contributed by atoms with Crippen LogP contribution in [-0.4, -0.2) is 24.3 Å². The van der Waals surface area contributed by atoms with Crippen LogP contribution in [-0.2, 0) is 16.1 Å². The molecule has 0 radical (unpaired) electrons. The molecule has 3 aromatic rings. The van der Waals surface area contributed by atoms with E-state index in [1.807, 2.05) is 13.0 Å². The summed E-state index contributed by atoms with van der Waals surface area (Å²) in [6.45, 7) is 2.25. The highest BCUT2D eigenvalue weighted by Crippen LogP contribution is 2.16. The monoisotopic (exact) mass is 434 g/mol. The Morgan fingerprint density at radius 1 is 0.844 bits per heavy atom. The lowest BCUT2D eigenvalue weighted by Crippen LogP contribution is -2.24. The van der Waals surface area contributed by atoms with Gasteiger partial charge >= 0.3 is 0 Å². The minimum Gasteiger partial charge on any atom is -0.467 e. The number of amides is 3. The summed E-state index contributed by atoms with van der Waals surface area (Å²) >= 11 is 0. The van der Waals surface area contributed by atoms with Gasteiger partial charge in [0.25, 0.3) is 5.91 Å². The summed E-state index contributed by atoms with van der Waals surface area (Å²) in [7, 11) is 0. The first-order chi connectivity index (χ1) is 15.5. The fourth-order valence-corrected chi connectivity index (χ4v) is 2.97. The summed E-state index contributed by atoms with van der Waals surface area (Å²) in [5.74, 6) is 0.0782. The SMILES string of the molecule is CCCC(=O)Nc1cccc(NCC(=O)Nc2cccc(C(=O)NCc3ccco3)c2)c1. The maximum absolute atomic E-state index is 12.3. The second-order valence-electron chi connectivity index (χ2n) is 7.12. The number of anilines is 3. The van der Waals surface area contributed by atoms with E-state index in [1.165, 1.54) is 0 Å². The van der Waals surface area contributed by atoms with Crippen LogP contribution in [0.3, 0.4) is 0 Å². The maximum atomic E-state index is 12.3. The molecule has 2 aromatic carbocycles. The fraction of sp³-hybridized carbons (Fsp3) is 0.208. The van der Waals surface area contributed by atoms with Crippen molar-refractivity contribution in [3.63, 3.8) is 0 Å². The Hall–Kier alpha value is -4.07. The number of carbonyl (C=O) groups is 3. The van der Waals surface area contributed by atoms with Gasteiger partial charge in [0.1, 0.15) is 5.76 Å². The molecule has 0 saturated carbocycles. The summed E-state index contributed by atoms with van der Waals surface area (Å²) in [6, 6.07) is 17.4.